The average Bonchev–Trinajstić information content (AvgIpc) is 3.28. The Balaban J connectivity index is 1.62. The van der Waals surface area contributed by atoms with Crippen LogP contribution in [0.4, 0.5) is 0 Å². The van der Waals surface area contributed by atoms with Gasteiger partial charge in [0.05, 0.1) is 0 Å². The lowest BCUT2D eigenvalue weighted by Gasteiger charge is -2.37. The number of rotatable bonds is 5. The van der Waals surface area contributed by atoms with Gasteiger partial charge in [-0.1, -0.05) is 30.3 Å². The molecule has 0 spiro atoms. The number of piperidine rings is 1. The van der Waals surface area contributed by atoms with Crippen molar-refractivity contribution in [3.8, 4) is 11.5 Å². The topological polar surface area (TPSA) is 90.9 Å². The number of nitrogens with one attached hydrogen (secondary N) is 1. The fourth-order valence-electron chi connectivity index (χ4n) is 3.58. The first kappa shape index (κ1) is 18.2. The van der Waals surface area contributed by atoms with Crippen molar-refractivity contribution in [3.63, 3.8) is 0 Å². The van der Waals surface area contributed by atoms with E-state index in [9.17, 15) is 4.79 Å². The maximum Gasteiger partial charge on any atom is 0.254 e. The molecule has 0 atom stereocenters. The van der Waals surface area contributed by atoms with Crippen molar-refractivity contribution in [2.24, 2.45) is 0 Å². The van der Waals surface area contributed by atoms with E-state index in [1.165, 1.54) is 0 Å². The summed E-state index contributed by atoms with van der Waals surface area (Å²) in [7, 11) is 2.12. The van der Waals surface area contributed by atoms with E-state index in [4.69, 9.17) is 0 Å². The second-order valence-electron chi connectivity index (χ2n) is 7.12. The summed E-state index contributed by atoms with van der Waals surface area (Å²) in [5, 5.41) is 13.9. The Morgan fingerprint density at radius 2 is 2.00 bits per heavy atom. The first-order chi connectivity index (χ1) is 13.7. The summed E-state index contributed by atoms with van der Waals surface area (Å²) < 4.78 is 0. The minimum absolute atomic E-state index is 0.00514. The number of aromatic nitrogens is 5. The second-order valence-corrected chi connectivity index (χ2v) is 7.12. The van der Waals surface area contributed by atoms with Crippen LogP contribution in [0.15, 0.2) is 48.7 Å². The largest absolute Gasteiger partial charge is 0.331 e. The normalized spacial score (nSPS) is 15.5. The number of H-pyrrole nitrogens is 1. The molecule has 1 aliphatic heterocycles. The number of carbonyl (C=O) groups is 1. The van der Waals surface area contributed by atoms with Crippen LogP contribution < -0.4 is 0 Å². The standard InChI is InChI=1S/C20H23N7O/c1-26-11-8-17(9-12-26)27(14-15-5-3-2-4-6-15)20(28)16-7-10-21-18(13-16)19-22-24-25-23-19/h2-7,10,13,17H,8-9,11-12,14H2,1H3,(H,22,23,24,25). The van der Waals surface area contributed by atoms with Crippen LogP contribution in [0.2, 0.25) is 0 Å². The summed E-state index contributed by atoms with van der Waals surface area (Å²) in [6.07, 6.45) is 3.56. The van der Waals surface area contributed by atoms with Gasteiger partial charge in [-0.3, -0.25) is 9.78 Å². The molecule has 3 heterocycles. The molecule has 8 nitrogen and oxygen atoms in total. The SMILES string of the molecule is CN1CCC(N(Cc2ccccc2)C(=O)c2ccnc(-c3nn[nH]n3)c2)CC1. The molecule has 1 fully saturated rings. The molecule has 0 unspecified atom stereocenters. The van der Waals surface area contributed by atoms with Crippen LogP contribution in [0.3, 0.4) is 0 Å². The van der Waals surface area contributed by atoms with Gasteiger partial charge < -0.3 is 9.80 Å². The van der Waals surface area contributed by atoms with E-state index in [-0.39, 0.29) is 11.9 Å². The Morgan fingerprint density at radius 3 is 2.71 bits per heavy atom. The molecule has 8 heteroatoms. The second kappa shape index (κ2) is 8.26. The molecule has 0 aliphatic carbocycles. The van der Waals surface area contributed by atoms with Crippen LogP contribution in [0.25, 0.3) is 11.5 Å². The Hall–Kier alpha value is -3.13. The zero-order valence-corrected chi connectivity index (χ0v) is 15.8. The van der Waals surface area contributed by atoms with Crippen molar-refractivity contribution in [1.82, 2.24) is 35.4 Å². The summed E-state index contributed by atoms with van der Waals surface area (Å²) >= 11 is 0. The number of amides is 1. The molecule has 1 saturated heterocycles. The number of aromatic amines is 1. The summed E-state index contributed by atoms with van der Waals surface area (Å²) in [5.74, 6) is 0.383. The third kappa shape index (κ3) is 4.07. The third-order valence-electron chi connectivity index (χ3n) is 5.17. The number of likely N-dealkylation sites (tertiary alicyclic amines) is 1. The molecule has 28 heavy (non-hydrogen) atoms. The molecule has 4 rings (SSSR count). The minimum Gasteiger partial charge on any atom is -0.331 e. The van der Waals surface area contributed by atoms with Crippen LogP contribution in [0, 0.1) is 0 Å². The number of pyridine rings is 1. The van der Waals surface area contributed by atoms with Gasteiger partial charge in [0, 0.05) is 24.3 Å². The van der Waals surface area contributed by atoms with Crippen molar-refractivity contribution in [3.05, 3.63) is 59.8 Å². The maximum atomic E-state index is 13.5. The fraction of sp³-hybridized carbons (Fsp3) is 0.350. The summed E-state index contributed by atoms with van der Waals surface area (Å²) in [6.45, 7) is 2.58. The Bertz CT molecular complexity index is 905. The predicted molar refractivity (Wildman–Crippen MR) is 104 cm³/mol. The molecular weight excluding hydrogens is 354 g/mol. The van der Waals surface area contributed by atoms with Gasteiger partial charge in [0.15, 0.2) is 0 Å². The molecule has 0 saturated carbocycles. The van der Waals surface area contributed by atoms with Crippen LogP contribution in [-0.4, -0.2) is 67.5 Å². The third-order valence-corrected chi connectivity index (χ3v) is 5.17. The summed E-state index contributed by atoms with van der Waals surface area (Å²) in [5.41, 5.74) is 2.24. The van der Waals surface area contributed by atoms with Gasteiger partial charge in [0.25, 0.3) is 5.91 Å². The van der Waals surface area contributed by atoms with Crippen molar-refractivity contribution < 1.29 is 4.79 Å². The highest BCUT2D eigenvalue weighted by Gasteiger charge is 2.28. The molecule has 1 N–H and O–H groups in total. The molecule has 0 bridgehead atoms. The van der Waals surface area contributed by atoms with E-state index in [2.05, 4.69) is 49.7 Å². The Kier molecular flexibility index (Phi) is 5.38. The zero-order chi connectivity index (χ0) is 19.3. The van der Waals surface area contributed by atoms with Gasteiger partial charge in [-0.2, -0.15) is 5.21 Å². The van der Waals surface area contributed by atoms with E-state index in [1.54, 1.807) is 18.3 Å². The van der Waals surface area contributed by atoms with E-state index < -0.39 is 0 Å². The highest BCUT2D eigenvalue weighted by atomic mass is 16.2. The molecular formula is C20H23N7O. The molecule has 0 radical (unpaired) electrons. The van der Waals surface area contributed by atoms with Crippen LogP contribution >= 0.6 is 0 Å². The van der Waals surface area contributed by atoms with Gasteiger partial charge in [-0.05, 0) is 55.9 Å². The molecule has 1 aromatic carbocycles. The molecule has 1 aliphatic rings. The van der Waals surface area contributed by atoms with Crippen molar-refractivity contribution in [1.29, 1.82) is 0 Å². The van der Waals surface area contributed by atoms with Gasteiger partial charge in [0.1, 0.15) is 5.69 Å². The first-order valence-corrected chi connectivity index (χ1v) is 9.44. The number of benzene rings is 1. The summed E-state index contributed by atoms with van der Waals surface area (Å²) in [4.78, 5) is 22.0. The monoisotopic (exact) mass is 377 g/mol. The van der Waals surface area contributed by atoms with Crippen molar-refractivity contribution in [2.75, 3.05) is 20.1 Å². The minimum atomic E-state index is 0.00514. The Labute approximate surface area is 163 Å². The quantitative estimate of drug-likeness (QED) is 0.731. The van der Waals surface area contributed by atoms with Gasteiger partial charge in [-0.15, -0.1) is 10.2 Å². The lowest BCUT2D eigenvalue weighted by Crippen LogP contribution is -2.46. The van der Waals surface area contributed by atoms with Gasteiger partial charge in [-0.25, -0.2) is 0 Å². The smallest absolute Gasteiger partial charge is 0.254 e. The van der Waals surface area contributed by atoms with E-state index in [0.29, 0.717) is 23.6 Å². The highest BCUT2D eigenvalue weighted by molar-refractivity contribution is 5.95. The van der Waals surface area contributed by atoms with E-state index in [0.717, 1.165) is 31.5 Å². The number of hydrogen-bond donors (Lipinski definition) is 1. The van der Waals surface area contributed by atoms with Crippen molar-refractivity contribution >= 4 is 5.91 Å². The summed E-state index contributed by atoms with van der Waals surface area (Å²) in [6, 6.07) is 13.8. The van der Waals surface area contributed by atoms with Crippen LogP contribution in [0.5, 0.6) is 0 Å². The maximum absolute atomic E-state index is 13.5. The van der Waals surface area contributed by atoms with Crippen LogP contribution in [0.1, 0.15) is 28.8 Å². The number of tetrazole rings is 1. The molecule has 3 aromatic rings. The lowest BCUT2D eigenvalue weighted by atomic mass is 10.0. The molecule has 2 aromatic heterocycles. The molecule has 144 valence electrons. The van der Waals surface area contributed by atoms with Gasteiger partial charge in [0.2, 0.25) is 5.82 Å². The van der Waals surface area contributed by atoms with Crippen molar-refractivity contribution in [2.45, 2.75) is 25.4 Å². The van der Waals surface area contributed by atoms with E-state index >= 15 is 0 Å². The number of hydrogen-bond acceptors (Lipinski definition) is 6. The molecule has 1 amide bonds. The van der Waals surface area contributed by atoms with Gasteiger partial charge >= 0.3 is 0 Å². The highest BCUT2D eigenvalue weighted by Crippen LogP contribution is 2.22. The van der Waals surface area contributed by atoms with Crippen LogP contribution in [-0.2, 0) is 6.54 Å². The number of carbonyl (C=O) groups excluding carboxylic acids is 1. The predicted octanol–water partition coefficient (Wildman–Crippen LogP) is 2.00. The zero-order valence-electron chi connectivity index (χ0n) is 15.8. The number of nitrogens with zero attached hydrogens (tertiary/aromatic N) is 6. The van der Waals surface area contributed by atoms with E-state index in [1.807, 2.05) is 23.1 Å². The Morgan fingerprint density at radius 1 is 1.21 bits per heavy atom. The first-order valence-electron chi connectivity index (χ1n) is 9.44. The average molecular weight is 377 g/mol. The lowest BCUT2D eigenvalue weighted by molar-refractivity contribution is 0.0569. The fourth-order valence-corrected chi connectivity index (χ4v) is 3.58.